The van der Waals surface area contributed by atoms with Crippen LogP contribution < -0.4 is 4.74 Å². The average Bonchev–Trinajstić information content (AvgIpc) is 2.40. The third kappa shape index (κ3) is 2.62. The fourth-order valence-corrected chi connectivity index (χ4v) is 1.95. The molecule has 1 N–H and O–H groups in total. The van der Waals surface area contributed by atoms with Crippen LogP contribution in [0.3, 0.4) is 0 Å². The molecule has 0 saturated carbocycles. The van der Waals surface area contributed by atoms with Gasteiger partial charge >= 0.3 is 5.97 Å². The van der Waals surface area contributed by atoms with Crippen molar-refractivity contribution in [2.24, 2.45) is 0 Å². The highest BCUT2D eigenvalue weighted by atomic mass is 79.9. The minimum atomic E-state index is -1.33. The third-order valence-electron chi connectivity index (χ3n) is 2.41. The Kier molecular flexibility index (Phi) is 3.99. The maximum Gasteiger partial charge on any atom is 0.336 e. The van der Waals surface area contributed by atoms with Gasteiger partial charge in [-0.2, -0.15) is 4.39 Å². The Morgan fingerprint density at radius 1 is 1.05 bits per heavy atom. The van der Waals surface area contributed by atoms with E-state index in [4.69, 9.17) is 9.84 Å². The van der Waals surface area contributed by atoms with E-state index < -0.39 is 34.9 Å². The van der Waals surface area contributed by atoms with Crippen LogP contribution in [0.2, 0.25) is 0 Å². The Hall–Kier alpha value is -2.02. The van der Waals surface area contributed by atoms with Crippen molar-refractivity contribution in [3.8, 4) is 11.5 Å². The number of hydrogen-bond donors (Lipinski definition) is 1. The first-order chi connectivity index (χ1) is 9.41. The van der Waals surface area contributed by atoms with Crippen LogP contribution >= 0.6 is 15.9 Å². The largest absolute Gasteiger partial charge is 0.478 e. The van der Waals surface area contributed by atoms with Crippen LogP contribution in [0.1, 0.15) is 10.4 Å². The monoisotopic (exact) mass is 346 g/mol. The lowest BCUT2D eigenvalue weighted by Crippen LogP contribution is -2.01. The minimum Gasteiger partial charge on any atom is -0.478 e. The Morgan fingerprint density at radius 3 is 2.35 bits per heavy atom. The number of carboxylic acid groups (broad SMARTS) is 1. The summed E-state index contributed by atoms with van der Waals surface area (Å²) in [6, 6.07) is 5.32. The van der Waals surface area contributed by atoms with Crippen molar-refractivity contribution in [2.45, 2.75) is 0 Å². The molecule has 0 bridgehead atoms. The molecule has 0 spiro atoms. The molecule has 0 heterocycles. The van der Waals surface area contributed by atoms with Crippen LogP contribution in [0.15, 0.2) is 34.8 Å². The van der Waals surface area contributed by atoms with Gasteiger partial charge in [-0.05, 0) is 40.2 Å². The van der Waals surface area contributed by atoms with Gasteiger partial charge in [0.1, 0.15) is 0 Å². The molecule has 0 aromatic heterocycles. The molecule has 0 aliphatic carbocycles. The van der Waals surface area contributed by atoms with Crippen LogP contribution in [0.5, 0.6) is 11.5 Å². The van der Waals surface area contributed by atoms with Crippen molar-refractivity contribution in [1.82, 2.24) is 0 Å². The van der Waals surface area contributed by atoms with Crippen molar-refractivity contribution in [3.63, 3.8) is 0 Å². The highest BCUT2D eigenvalue weighted by molar-refractivity contribution is 9.10. The van der Waals surface area contributed by atoms with E-state index in [9.17, 15) is 18.0 Å². The van der Waals surface area contributed by atoms with Crippen LogP contribution in [0.4, 0.5) is 13.2 Å². The molecule has 0 aliphatic heterocycles. The summed E-state index contributed by atoms with van der Waals surface area (Å²) in [4.78, 5) is 10.8. The zero-order chi connectivity index (χ0) is 14.9. The Balaban J connectivity index is 2.42. The van der Waals surface area contributed by atoms with E-state index in [1.54, 1.807) is 0 Å². The van der Waals surface area contributed by atoms with Gasteiger partial charge in [0.2, 0.25) is 5.82 Å². The highest BCUT2D eigenvalue weighted by Crippen LogP contribution is 2.33. The summed E-state index contributed by atoms with van der Waals surface area (Å²) >= 11 is 2.77. The van der Waals surface area contributed by atoms with Gasteiger partial charge in [0.25, 0.3) is 0 Å². The summed E-state index contributed by atoms with van der Waals surface area (Å²) in [7, 11) is 0. The van der Waals surface area contributed by atoms with E-state index in [1.165, 1.54) is 6.07 Å². The maximum absolute atomic E-state index is 13.9. The average molecular weight is 347 g/mol. The van der Waals surface area contributed by atoms with Crippen molar-refractivity contribution < 1.29 is 27.8 Å². The molecule has 0 unspecified atom stereocenters. The van der Waals surface area contributed by atoms with E-state index in [0.717, 1.165) is 24.3 Å². The molecule has 0 radical (unpaired) electrons. The maximum atomic E-state index is 13.9. The Morgan fingerprint density at radius 2 is 1.70 bits per heavy atom. The number of carbonyl (C=O) groups is 1. The van der Waals surface area contributed by atoms with Crippen LogP contribution in [0, 0.1) is 17.5 Å². The lowest BCUT2D eigenvalue weighted by molar-refractivity contribution is 0.0695. The topological polar surface area (TPSA) is 46.5 Å². The summed E-state index contributed by atoms with van der Waals surface area (Å²) in [5.74, 6) is -5.67. The molecule has 0 fully saturated rings. The molecule has 20 heavy (non-hydrogen) atoms. The standard InChI is InChI=1S/C13H6BrF3O3/c14-10-6(13(18)19)4-5-9(12(10)17)20-8-3-1-2-7(15)11(8)16/h1-5H,(H,18,19). The molecule has 0 atom stereocenters. The van der Waals surface area contributed by atoms with Gasteiger partial charge in [0.15, 0.2) is 23.1 Å². The first-order valence-electron chi connectivity index (χ1n) is 5.25. The van der Waals surface area contributed by atoms with Gasteiger partial charge in [-0.1, -0.05) is 6.07 Å². The molecule has 3 nitrogen and oxygen atoms in total. The molecule has 7 heteroatoms. The number of carboxylic acids is 1. The van der Waals surface area contributed by atoms with E-state index in [-0.39, 0.29) is 10.0 Å². The Bertz CT molecular complexity index is 689. The molecule has 0 aliphatic rings. The number of benzene rings is 2. The number of aromatic carboxylic acids is 1. The lowest BCUT2D eigenvalue weighted by atomic mass is 10.2. The minimum absolute atomic E-state index is 0.311. The number of rotatable bonds is 3. The van der Waals surface area contributed by atoms with Gasteiger partial charge in [-0.3, -0.25) is 0 Å². The van der Waals surface area contributed by atoms with Gasteiger partial charge in [0, 0.05) is 0 Å². The highest BCUT2D eigenvalue weighted by Gasteiger charge is 2.18. The second-order valence-electron chi connectivity index (χ2n) is 3.70. The Labute approximate surface area is 119 Å². The van der Waals surface area contributed by atoms with Crippen LogP contribution in [-0.2, 0) is 0 Å². The lowest BCUT2D eigenvalue weighted by Gasteiger charge is -2.10. The van der Waals surface area contributed by atoms with E-state index in [0.29, 0.717) is 0 Å². The molecule has 2 aromatic rings. The van der Waals surface area contributed by atoms with Gasteiger partial charge in [-0.25, -0.2) is 13.6 Å². The summed E-state index contributed by atoms with van der Waals surface area (Å²) in [5.41, 5.74) is -0.311. The first-order valence-corrected chi connectivity index (χ1v) is 6.04. The van der Waals surface area contributed by atoms with Gasteiger partial charge in [0.05, 0.1) is 10.0 Å². The molecular formula is C13H6BrF3O3. The molecule has 2 aromatic carbocycles. The van der Waals surface area contributed by atoms with Crippen LogP contribution in [0.25, 0.3) is 0 Å². The summed E-state index contributed by atoms with van der Waals surface area (Å²) in [5, 5.41) is 8.80. The fourth-order valence-electron chi connectivity index (χ4n) is 1.46. The van der Waals surface area contributed by atoms with Crippen molar-refractivity contribution in [1.29, 1.82) is 0 Å². The predicted octanol–water partition coefficient (Wildman–Crippen LogP) is 4.36. The second-order valence-corrected chi connectivity index (χ2v) is 4.49. The number of halogens is 4. The number of ether oxygens (including phenoxy) is 1. The van der Waals surface area contributed by atoms with Crippen molar-refractivity contribution in [3.05, 3.63) is 57.8 Å². The normalized spacial score (nSPS) is 10.4. The van der Waals surface area contributed by atoms with E-state index in [2.05, 4.69) is 15.9 Å². The van der Waals surface area contributed by atoms with Crippen molar-refractivity contribution >= 4 is 21.9 Å². The number of hydrogen-bond acceptors (Lipinski definition) is 2. The molecule has 2 rings (SSSR count). The fraction of sp³-hybridized carbons (Fsp3) is 0. The SMILES string of the molecule is O=C(O)c1ccc(Oc2cccc(F)c2F)c(F)c1Br. The van der Waals surface area contributed by atoms with E-state index >= 15 is 0 Å². The van der Waals surface area contributed by atoms with E-state index in [1.807, 2.05) is 0 Å². The first kappa shape index (κ1) is 14.4. The van der Waals surface area contributed by atoms with Gasteiger partial charge in [-0.15, -0.1) is 0 Å². The third-order valence-corrected chi connectivity index (χ3v) is 3.19. The quantitative estimate of drug-likeness (QED) is 0.898. The van der Waals surface area contributed by atoms with Crippen molar-refractivity contribution in [2.75, 3.05) is 0 Å². The summed E-state index contributed by atoms with van der Waals surface area (Å²) < 4.78 is 44.9. The molecule has 104 valence electrons. The second kappa shape index (κ2) is 5.54. The summed E-state index contributed by atoms with van der Waals surface area (Å²) in [6.07, 6.45) is 0. The zero-order valence-electron chi connectivity index (χ0n) is 9.66. The molecular weight excluding hydrogens is 341 g/mol. The predicted molar refractivity (Wildman–Crippen MR) is 67.5 cm³/mol. The zero-order valence-corrected chi connectivity index (χ0v) is 11.2. The van der Waals surface area contributed by atoms with Gasteiger partial charge < -0.3 is 9.84 Å². The molecule has 0 saturated heterocycles. The van der Waals surface area contributed by atoms with Crippen LogP contribution in [-0.4, -0.2) is 11.1 Å². The summed E-state index contributed by atoms with van der Waals surface area (Å²) in [6.45, 7) is 0. The molecule has 0 amide bonds. The smallest absolute Gasteiger partial charge is 0.336 e.